The van der Waals surface area contributed by atoms with E-state index in [1.807, 2.05) is 38.1 Å². The average molecular weight is 317 g/mol. The molecule has 0 bridgehead atoms. The molecular formula is C17H19NO3S. The Labute approximate surface area is 131 Å². The molecule has 4 nitrogen and oxygen atoms in total. The first-order valence-electron chi connectivity index (χ1n) is 7.22. The lowest BCUT2D eigenvalue weighted by molar-refractivity contribution is 0.411. The summed E-state index contributed by atoms with van der Waals surface area (Å²) in [6.45, 7) is 3.78. The van der Waals surface area contributed by atoms with Gasteiger partial charge < -0.3 is 4.74 Å². The van der Waals surface area contributed by atoms with Gasteiger partial charge in [-0.25, -0.2) is 8.42 Å². The van der Waals surface area contributed by atoms with E-state index < -0.39 is 10.0 Å². The summed E-state index contributed by atoms with van der Waals surface area (Å²) in [5.74, 6) is 0.689. The monoisotopic (exact) mass is 317 g/mol. The Balaban J connectivity index is 2.09. The maximum absolute atomic E-state index is 13.0. The second kappa shape index (κ2) is 5.32. The first-order chi connectivity index (χ1) is 10.4. The molecule has 0 N–H and O–H groups in total. The minimum absolute atomic E-state index is 0.0789. The quantitative estimate of drug-likeness (QED) is 0.873. The van der Waals surface area contributed by atoms with E-state index >= 15 is 0 Å². The standard InChI is InChI=1S/C17H19NO3S/c1-12-10-15(8-9-17(12)21-3)22(19,20)18-13(2)11-14-6-4-5-7-16(14)18/h4-10,13H,11H2,1-3H3/t13-/m1/s1. The molecule has 0 aliphatic carbocycles. The van der Waals surface area contributed by atoms with Crippen LogP contribution in [0.5, 0.6) is 5.75 Å². The molecule has 0 fully saturated rings. The minimum atomic E-state index is -3.57. The van der Waals surface area contributed by atoms with Gasteiger partial charge in [0.05, 0.1) is 17.7 Å². The van der Waals surface area contributed by atoms with Gasteiger partial charge in [-0.05, 0) is 55.7 Å². The van der Waals surface area contributed by atoms with Gasteiger partial charge in [0.2, 0.25) is 0 Å². The molecule has 1 atom stereocenters. The summed E-state index contributed by atoms with van der Waals surface area (Å²) in [4.78, 5) is 0.300. The van der Waals surface area contributed by atoms with Crippen LogP contribution in [0, 0.1) is 6.92 Å². The molecule has 1 heterocycles. The fourth-order valence-electron chi connectivity index (χ4n) is 3.03. The first kappa shape index (κ1) is 14.9. The highest BCUT2D eigenvalue weighted by Gasteiger charge is 2.35. The second-order valence-electron chi connectivity index (χ2n) is 5.61. The number of benzene rings is 2. The number of sulfonamides is 1. The van der Waals surface area contributed by atoms with Crippen molar-refractivity contribution in [2.45, 2.75) is 31.2 Å². The van der Waals surface area contributed by atoms with Gasteiger partial charge in [0.15, 0.2) is 0 Å². The van der Waals surface area contributed by atoms with E-state index in [2.05, 4.69) is 0 Å². The molecule has 0 saturated heterocycles. The minimum Gasteiger partial charge on any atom is -0.496 e. The highest BCUT2D eigenvalue weighted by molar-refractivity contribution is 7.92. The molecule has 1 aliphatic rings. The van der Waals surface area contributed by atoms with Crippen molar-refractivity contribution in [2.24, 2.45) is 0 Å². The Kier molecular flexibility index (Phi) is 3.60. The Morgan fingerprint density at radius 3 is 2.59 bits per heavy atom. The zero-order valence-electron chi connectivity index (χ0n) is 12.9. The molecular weight excluding hydrogens is 298 g/mol. The van der Waals surface area contributed by atoms with E-state index in [1.54, 1.807) is 25.3 Å². The maximum Gasteiger partial charge on any atom is 0.264 e. The number of hydrogen-bond donors (Lipinski definition) is 0. The van der Waals surface area contributed by atoms with Crippen molar-refractivity contribution >= 4 is 15.7 Å². The maximum atomic E-state index is 13.0. The molecule has 0 aromatic heterocycles. The van der Waals surface area contributed by atoms with Crippen LogP contribution < -0.4 is 9.04 Å². The summed E-state index contributed by atoms with van der Waals surface area (Å²) in [5.41, 5.74) is 2.66. The van der Waals surface area contributed by atoms with Crippen molar-refractivity contribution in [3.05, 3.63) is 53.6 Å². The number of hydrogen-bond acceptors (Lipinski definition) is 3. The average Bonchev–Trinajstić information content (AvgIpc) is 2.83. The number of aryl methyl sites for hydroxylation is 1. The van der Waals surface area contributed by atoms with E-state index in [4.69, 9.17) is 4.74 Å². The van der Waals surface area contributed by atoms with Gasteiger partial charge in [-0.3, -0.25) is 4.31 Å². The van der Waals surface area contributed by atoms with Gasteiger partial charge in [0, 0.05) is 6.04 Å². The number of anilines is 1. The summed E-state index contributed by atoms with van der Waals surface area (Å²) in [7, 11) is -1.99. The van der Waals surface area contributed by atoms with E-state index in [-0.39, 0.29) is 6.04 Å². The van der Waals surface area contributed by atoms with Crippen molar-refractivity contribution in [3.8, 4) is 5.75 Å². The molecule has 2 aromatic rings. The summed E-state index contributed by atoms with van der Waals surface area (Å²) < 4.78 is 32.8. The van der Waals surface area contributed by atoms with Gasteiger partial charge in [0.25, 0.3) is 10.0 Å². The lowest BCUT2D eigenvalue weighted by Crippen LogP contribution is -2.35. The number of nitrogens with zero attached hydrogens (tertiary/aromatic N) is 1. The summed E-state index contributed by atoms with van der Waals surface area (Å²) in [6.07, 6.45) is 0.741. The largest absolute Gasteiger partial charge is 0.496 e. The Bertz CT molecular complexity index is 814. The molecule has 0 unspecified atom stereocenters. The van der Waals surface area contributed by atoms with Crippen LogP contribution in [-0.4, -0.2) is 21.6 Å². The molecule has 0 radical (unpaired) electrons. The normalized spacial score (nSPS) is 17.4. The van der Waals surface area contributed by atoms with Crippen molar-refractivity contribution in [3.63, 3.8) is 0 Å². The van der Waals surface area contributed by atoms with Gasteiger partial charge in [-0.2, -0.15) is 0 Å². The van der Waals surface area contributed by atoms with Crippen LogP contribution in [-0.2, 0) is 16.4 Å². The first-order valence-corrected chi connectivity index (χ1v) is 8.66. The topological polar surface area (TPSA) is 46.6 Å². The SMILES string of the molecule is COc1ccc(S(=O)(=O)N2c3ccccc3C[C@H]2C)cc1C. The van der Waals surface area contributed by atoms with Crippen LogP contribution >= 0.6 is 0 Å². The smallest absolute Gasteiger partial charge is 0.264 e. The molecule has 3 rings (SSSR count). The van der Waals surface area contributed by atoms with Crippen LogP contribution in [0.1, 0.15) is 18.1 Å². The van der Waals surface area contributed by atoms with Gasteiger partial charge in [-0.1, -0.05) is 18.2 Å². The van der Waals surface area contributed by atoms with Crippen molar-refractivity contribution in [1.82, 2.24) is 0 Å². The number of fused-ring (bicyclic) bond motifs is 1. The number of rotatable bonds is 3. The molecule has 22 heavy (non-hydrogen) atoms. The molecule has 5 heteroatoms. The van der Waals surface area contributed by atoms with Crippen LogP contribution in [0.2, 0.25) is 0 Å². The predicted octanol–water partition coefficient (Wildman–Crippen LogP) is 3.14. The Morgan fingerprint density at radius 1 is 1.18 bits per heavy atom. The number of ether oxygens (including phenoxy) is 1. The van der Waals surface area contributed by atoms with Crippen molar-refractivity contribution < 1.29 is 13.2 Å². The lowest BCUT2D eigenvalue weighted by Gasteiger charge is -2.24. The Hall–Kier alpha value is -2.01. The third kappa shape index (κ3) is 2.25. The van der Waals surface area contributed by atoms with E-state index in [0.29, 0.717) is 10.6 Å². The third-order valence-corrected chi connectivity index (χ3v) is 5.99. The van der Waals surface area contributed by atoms with Gasteiger partial charge in [-0.15, -0.1) is 0 Å². The van der Waals surface area contributed by atoms with Crippen LogP contribution in [0.15, 0.2) is 47.4 Å². The molecule has 1 aliphatic heterocycles. The van der Waals surface area contributed by atoms with Crippen molar-refractivity contribution in [1.29, 1.82) is 0 Å². The van der Waals surface area contributed by atoms with Crippen LogP contribution in [0.4, 0.5) is 5.69 Å². The lowest BCUT2D eigenvalue weighted by atomic mass is 10.1. The van der Waals surface area contributed by atoms with E-state index in [1.165, 1.54) is 4.31 Å². The number of methoxy groups -OCH3 is 1. The third-order valence-electron chi connectivity index (χ3n) is 4.07. The molecule has 0 amide bonds. The highest BCUT2D eigenvalue weighted by atomic mass is 32.2. The zero-order chi connectivity index (χ0) is 15.9. The van der Waals surface area contributed by atoms with Gasteiger partial charge >= 0.3 is 0 Å². The van der Waals surface area contributed by atoms with Crippen LogP contribution in [0.3, 0.4) is 0 Å². The fourth-order valence-corrected chi connectivity index (χ4v) is 4.81. The molecule has 0 saturated carbocycles. The van der Waals surface area contributed by atoms with E-state index in [0.717, 1.165) is 23.2 Å². The van der Waals surface area contributed by atoms with Crippen LogP contribution in [0.25, 0.3) is 0 Å². The summed E-state index contributed by atoms with van der Waals surface area (Å²) in [6, 6.07) is 12.6. The fraction of sp³-hybridized carbons (Fsp3) is 0.294. The molecule has 116 valence electrons. The van der Waals surface area contributed by atoms with Crippen molar-refractivity contribution in [2.75, 3.05) is 11.4 Å². The predicted molar refractivity (Wildman–Crippen MR) is 87.0 cm³/mol. The zero-order valence-corrected chi connectivity index (χ0v) is 13.7. The molecule has 2 aromatic carbocycles. The van der Waals surface area contributed by atoms with E-state index in [9.17, 15) is 8.42 Å². The molecule has 0 spiro atoms. The summed E-state index contributed by atoms with van der Waals surface area (Å²) in [5, 5.41) is 0. The van der Waals surface area contributed by atoms with Gasteiger partial charge in [0.1, 0.15) is 5.75 Å². The number of para-hydroxylation sites is 1. The summed E-state index contributed by atoms with van der Waals surface area (Å²) >= 11 is 0. The Morgan fingerprint density at radius 2 is 1.91 bits per heavy atom. The highest BCUT2D eigenvalue weighted by Crippen LogP contribution is 2.37. The second-order valence-corrected chi connectivity index (χ2v) is 7.43.